The van der Waals surface area contributed by atoms with Crippen molar-refractivity contribution in [3.63, 3.8) is 0 Å². The number of hydrogen-bond donors (Lipinski definition) is 3. The molecule has 0 aliphatic carbocycles. The largest absolute Gasteiger partial charge is 0.471 e. The highest BCUT2D eigenvalue weighted by molar-refractivity contribution is 7.92. The maximum atomic E-state index is 11.5. The van der Waals surface area contributed by atoms with Gasteiger partial charge in [-0.2, -0.15) is 5.26 Å². The first kappa shape index (κ1) is 24.5. The Balaban J connectivity index is 1.77. The molecule has 3 N–H and O–H groups in total. The van der Waals surface area contributed by atoms with Crippen molar-refractivity contribution in [2.75, 3.05) is 11.0 Å². The third-order valence-corrected chi connectivity index (χ3v) is 5.69. The number of anilines is 1. The Morgan fingerprint density at radius 3 is 2.42 bits per heavy atom. The molecule has 7 nitrogen and oxygen atoms in total. The van der Waals surface area contributed by atoms with Gasteiger partial charge in [-0.15, -0.1) is 0 Å². The summed E-state index contributed by atoms with van der Waals surface area (Å²) in [6.45, 7) is 5.64. The van der Waals surface area contributed by atoms with E-state index in [1.807, 2.05) is 32.0 Å². The molecule has 0 spiro atoms. The van der Waals surface area contributed by atoms with E-state index in [1.165, 1.54) is 23.6 Å². The van der Waals surface area contributed by atoms with Crippen molar-refractivity contribution >= 4 is 26.5 Å². The highest BCUT2D eigenvalue weighted by Gasteiger charge is 2.27. The SMILES string of the molecule is CC(O)C(NC(C)(C)Cc1ccc2ccccc2c1)Oc1ccc(NS(C)(=O)=O)cc1C#N. The van der Waals surface area contributed by atoms with E-state index in [-0.39, 0.29) is 17.0 Å². The number of aliphatic hydroxyl groups is 1. The zero-order valence-electron chi connectivity index (χ0n) is 19.2. The fourth-order valence-corrected chi connectivity index (χ4v) is 4.23. The average molecular weight is 468 g/mol. The minimum Gasteiger partial charge on any atom is -0.471 e. The van der Waals surface area contributed by atoms with Crippen LogP contribution in [0.4, 0.5) is 5.69 Å². The lowest BCUT2D eigenvalue weighted by Gasteiger charge is -2.34. The molecule has 0 amide bonds. The quantitative estimate of drug-likeness (QED) is 0.413. The van der Waals surface area contributed by atoms with Crippen LogP contribution in [0.15, 0.2) is 60.7 Å². The van der Waals surface area contributed by atoms with E-state index in [0.29, 0.717) is 6.42 Å². The molecule has 0 saturated carbocycles. The number of fused-ring (bicyclic) bond motifs is 1. The van der Waals surface area contributed by atoms with Gasteiger partial charge in [-0.05, 0) is 61.7 Å². The van der Waals surface area contributed by atoms with Crippen molar-refractivity contribution in [1.82, 2.24) is 5.32 Å². The van der Waals surface area contributed by atoms with Crippen LogP contribution < -0.4 is 14.8 Å². The second kappa shape index (κ2) is 9.79. The van der Waals surface area contributed by atoms with Crippen LogP contribution in [-0.4, -0.2) is 37.7 Å². The van der Waals surface area contributed by atoms with Crippen molar-refractivity contribution in [3.05, 3.63) is 71.8 Å². The van der Waals surface area contributed by atoms with Crippen LogP contribution in [0.25, 0.3) is 10.8 Å². The van der Waals surface area contributed by atoms with E-state index < -0.39 is 27.9 Å². The van der Waals surface area contributed by atoms with Crippen LogP contribution in [-0.2, 0) is 16.4 Å². The Morgan fingerprint density at radius 1 is 1.09 bits per heavy atom. The molecule has 0 bridgehead atoms. The van der Waals surface area contributed by atoms with E-state index in [1.54, 1.807) is 6.92 Å². The van der Waals surface area contributed by atoms with E-state index in [4.69, 9.17) is 4.74 Å². The molecule has 8 heteroatoms. The summed E-state index contributed by atoms with van der Waals surface area (Å²) in [5, 5.41) is 25.6. The van der Waals surface area contributed by atoms with Gasteiger partial charge in [0.2, 0.25) is 10.0 Å². The first-order valence-corrected chi connectivity index (χ1v) is 12.5. The number of nitrogens with one attached hydrogen (secondary N) is 2. The second-order valence-electron chi connectivity index (χ2n) is 8.86. The van der Waals surface area contributed by atoms with E-state index in [0.717, 1.165) is 17.2 Å². The minimum absolute atomic E-state index is 0.156. The van der Waals surface area contributed by atoms with Crippen molar-refractivity contribution in [3.8, 4) is 11.8 Å². The topological polar surface area (TPSA) is 111 Å². The number of hydrogen-bond acceptors (Lipinski definition) is 6. The number of nitrogens with zero attached hydrogens (tertiary/aromatic N) is 1. The third-order valence-electron chi connectivity index (χ3n) is 5.09. The molecule has 0 aromatic heterocycles. The van der Waals surface area contributed by atoms with Crippen molar-refractivity contribution in [2.45, 2.75) is 45.1 Å². The lowest BCUT2D eigenvalue weighted by molar-refractivity contribution is 0.00875. The molecule has 33 heavy (non-hydrogen) atoms. The van der Waals surface area contributed by atoms with Gasteiger partial charge >= 0.3 is 0 Å². The lowest BCUT2D eigenvalue weighted by atomic mass is 9.93. The molecule has 0 fully saturated rings. The Hall–Kier alpha value is -3.12. The molecular formula is C25H29N3O4S. The predicted molar refractivity (Wildman–Crippen MR) is 131 cm³/mol. The van der Waals surface area contributed by atoms with Crippen LogP contribution in [0.3, 0.4) is 0 Å². The van der Waals surface area contributed by atoms with Gasteiger partial charge < -0.3 is 9.84 Å². The Labute approximate surface area is 195 Å². The van der Waals surface area contributed by atoms with Gasteiger partial charge in [0, 0.05) is 5.54 Å². The molecule has 174 valence electrons. The molecule has 3 aromatic carbocycles. The summed E-state index contributed by atoms with van der Waals surface area (Å²) in [6.07, 6.45) is 0.0591. The Kier molecular flexibility index (Phi) is 7.28. The first-order valence-electron chi connectivity index (χ1n) is 10.6. The van der Waals surface area contributed by atoms with Gasteiger partial charge in [0.05, 0.1) is 17.5 Å². The number of sulfonamides is 1. The summed E-state index contributed by atoms with van der Waals surface area (Å²) in [5.41, 5.74) is 1.13. The zero-order valence-corrected chi connectivity index (χ0v) is 20.0. The normalized spacial score (nSPS) is 13.8. The van der Waals surface area contributed by atoms with Gasteiger partial charge in [0.1, 0.15) is 17.9 Å². The minimum atomic E-state index is -3.47. The Morgan fingerprint density at radius 2 is 1.79 bits per heavy atom. The van der Waals surface area contributed by atoms with Gasteiger partial charge in [0.25, 0.3) is 0 Å². The van der Waals surface area contributed by atoms with Crippen molar-refractivity contribution < 1.29 is 18.3 Å². The summed E-state index contributed by atoms with van der Waals surface area (Å²) >= 11 is 0. The number of ether oxygens (including phenoxy) is 1. The monoisotopic (exact) mass is 467 g/mol. The summed E-state index contributed by atoms with van der Waals surface area (Å²) < 4.78 is 31.2. The molecule has 2 unspecified atom stereocenters. The van der Waals surface area contributed by atoms with Crippen LogP contribution in [0.5, 0.6) is 5.75 Å². The van der Waals surface area contributed by atoms with Crippen molar-refractivity contribution in [1.29, 1.82) is 5.26 Å². The van der Waals surface area contributed by atoms with E-state index in [9.17, 15) is 18.8 Å². The van der Waals surface area contributed by atoms with Crippen LogP contribution in [0, 0.1) is 11.3 Å². The number of benzene rings is 3. The standard InChI is InChI=1S/C25H29N3O4S/c1-17(29)24(32-23-12-11-22(14-21(23)16-26)28-33(4,30)31)27-25(2,3)15-18-9-10-19-7-5-6-8-20(19)13-18/h5-14,17,24,27-29H,15H2,1-4H3. The van der Waals surface area contributed by atoms with Crippen LogP contribution in [0.2, 0.25) is 0 Å². The molecular weight excluding hydrogens is 438 g/mol. The van der Waals surface area contributed by atoms with E-state index >= 15 is 0 Å². The third kappa shape index (κ3) is 6.93. The number of rotatable bonds is 9. The predicted octanol–water partition coefficient (Wildman–Crippen LogP) is 3.78. The van der Waals surface area contributed by atoms with Gasteiger partial charge in [-0.3, -0.25) is 10.0 Å². The highest BCUT2D eigenvalue weighted by Crippen LogP contribution is 2.25. The number of aliphatic hydroxyl groups excluding tert-OH is 1. The molecule has 3 aromatic rings. The van der Waals surface area contributed by atoms with Gasteiger partial charge in [0.15, 0.2) is 6.23 Å². The molecule has 0 saturated heterocycles. The molecule has 3 rings (SSSR count). The Bertz CT molecular complexity index is 1280. The summed E-state index contributed by atoms with van der Waals surface area (Å²) in [7, 11) is -3.47. The van der Waals surface area contributed by atoms with Crippen LogP contribution >= 0.6 is 0 Å². The fraction of sp³-hybridized carbons (Fsp3) is 0.320. The molecule has 0 aliphatic rings. The first-order chi connectivity index (χ1) is 15.5. The molecule has 0 radical (unpaired) electrons. The van der Waals surface area contributed by atoms with Gasteiger partial charge in [-0.1, -0.05) is 42.5 Å². The number of nitriles is 1. The summed E-state index contributed by atoms with van der Waals surface area (Å²) in [5.74, 6) is 0.247. The van der Waals surface area contributed by atoms with E-state index in [2.05, 4.69) is 40.4 Å². The summed E-state index contributed by atoms with van der Waals surface area (Å²) in [4.78, 5) is 0. The van der Waals surface area contributed by atoms with Gasteiger partial charge in [-0.25, -0.2) is 8.42 Å². The highest BCUT2D eigenvalue weighted by atomic mass is 32.2. The lowest BCUT2D eigenvalue weighted by Crippen LogP contribution is -2.54. The maximum absolute atomic E-state index is 11.5. The van der Waals surface area contributed by atoms with Crippen LogP contribution in [0.1, 0.15) is 31.9 Å². The smallest absolute Gasteiger partial charge is 0.229 e. The maximum Gasteiger partial charge on any atom is 0.229 e. The molecule has 0 heterocycles. The average Bonchev–Trinajstić information content (AvgIpc) is 2.72. The zero-order chi connectivity index (χ0) is 24.2. The summed E-state index contributed by atoms with van der Waals surface area (Å²) in [6, 6.07) is 20.9. The van der Waals surface area contributed by atoms with Crippen molar-refractivity contribution in [2.24, 2.45) is 0 Å². The molecule has 2 atom stereocenters. The second-order valence-corrected chi connectivity index (χ2v) is 10.6. The molecule has 0 aliphatic heterocycles. The fourth-order valence-electron chi connectivity index (χ4n) is 3.68.